The molecule has 0 radical (unpaired) electrons. The summed E-state index contributed by atoms with van der Waals surface area (Å²) < 4.78 is 4.76. The minimum atomic E-state index is -0.674. The van der Waals surface area contributed by atoms with Crippen LogP contribution in [0.4, 0.5) is 4.79 Å². The Balaban J connectivity index is 1.11. The molecule has 0 bridgehead atoms. The van der Waals surface area contributed by atoms with Crippen molar-refractivity contribution in [3.8, 4) is 33.6 Å². The van der Waals surface area contributed by atoms with Gasteiger partial charge in [-0.1, -0.05) is 83.1 Å². The largest absolute Gasteiger partial charge is 0.453 e. The van der Waals surface area contributed by atoms with Gasteiger partial charge < -0.3 is 29.8 Å². The van der Waals surface area contributed by atoms with Crippen LogP contribution >= 0.6 is 0 Å². The third-order valence-corrected chi connectivity index (χ3v) is 10.9. The molecule has 0 spiro atoms. The molecule has 282 valence electrons. The summed E-state index contributed by atoms with van der Waals surface area (Å²) in [6.07, 6.45) is 7.43. The number of carbonyl (C=O) groups is 3. The van der Waals surface area contributed by atoms with Gasteiger partial charge in [-0.3, -0.25) is 14.5 Å². The Kier molecular flexibility index (Phi) is 12.0. The van der Waals surface area contributed by atoms with Crippen molar-refractivity contribution >= 4 is 17.9 Å². The molecule has 4 aromatic rings. The van der Waals surface area contributed by atoms with E-state index >= 15 is 0 Å². The second-order valence-corrected chi connectivity index (χ2v) is 14.4. The van der Waals surface area contributed by atoms with Crippen molar-refractivity contribution in [1.82, 2.24) is 40.0 Å². The van der Waals surface area contributed by atoms with Crippen LogP contribution in [0.3, 0.4) is 0 Å². The van der Waals surface area contributed by atoms with Crippen molar-refractivity contribution in [2.45, 2.75) is 90.9 Å². The highest BCUT2D eigenvalue weighted by atomic mass is 16.5. The number of hydrogen-bond donors (Lipinski definition) is 3. The molecule has 4 heterocycles. The standard InChI is InChI=1S/C41H54N8O4/c1-7-33(47(8-2)9-3)39(50)48-22-10-12-34(48)37-42-24-31(44-37)29-18-14-27(15-19-29)28-16-20-30(21-17-28)32-25-43-38(45-32)35-13-11-23-49(35)40(51)36(26(4)5)46-41(52)53-6/h14-21,24-26,33-36H,7-13,22-23H2,1-6H3,(H,42,44)(H,43,45)(H,46,52)/t33-,34-,35-,36-/m0/s1. The first-order valence-electron chi connectivity index (χ1n) is 19.2. The van der Waals surface area contributed by atoms with Gasteiger partial charge in [-0.2, -0.15) is 0 Å². The van der Waals surface area contributed by atoms with E-state index in [1.807, 2.05) is 36.0 Å². The Labute approximate surface area is 312 Å². The van der Waals surface area contributed by atoms with Crippen LogP contribution in [0.15, 0.2) is 60.9 Å². The number of H-pyrrole nitrogens is 2. The Morgan fingerprint density at radius 2 is 1.23 bits per heavy atom. The topological polar surface area (TPSA) is 140 Å². The van der Waals surface area contributed by atoms with Crippen LogP contribution in [0.5, 0.6) is 0 Å². The molecule has 2 aromatic carbocycles. The summed E-state index contributed by atoms with van der Waals surface area (Å²) in [5.74, 6) is 1.58. The third-order valence-electron chi connectivity index (χ3n) is 10.9. The van der Waals surface area contributed by atoms with Crippen molar-refractivity contribution in [3.05, 3.63) is 72.6 Å². The van der Waals surface area contributed by atoms with Gasteiger partial charge >= 0.3 is 6.09 Å². The smallest absolute Gasteiger partial charge is 0.407 e. The quantitative estimate of drug-likeness (QED) is 0.136. The molecule has 4 atom stereocenters. The number of amides is 3. The van der Waals surface area contributed by atoms with E-state index in [4.69, 9.17) is 9.72 Å². The predicted octanol–water partition coefficient (Wildman–Crippen LogP) is 6.96. The molecule has 12 nitrogen and oxygen atoms in total. The number of benzene rings is 2. The van der Waals surface area contributed by atoms with E-state index in [2.05, 4.69) is 94.5 Å². The molecule has 0 saturated carbocycles. The number of likely N-dealkylation sites (tertiary alicyclic amines) is 2. The van der Waals surface area contributed by atoms with Crippen LogP contribution in [-0.2, 0) is 14.3 Å². The number of aromatic amines is 2. The molecular weight excluding hydrogens is 669 g/mol. The summed E-state index contributed by atoms with van der Waals surface area (Å²) >= 11 is 0. The van der Waals surface area contributed by atoms with Crippen molar-refractivity contribution in [1.29, 1.82) is 0 Å². The van der Waals surface area contributed by atoms with Gasteiger partial charge in [0.2, 0.25) is 11.8 Å². The van der Waals surface area contributed by atoms with Gasteiger partial charge in [0.05, 0.1) is 49.0 Å². The van der Waals surface area contributed by atoms with Crippen molar-refractivity contribution in [2.75, 3.05) is 33.3 Å². The lowest BCUT2D eigenvalue weighted by Crippen LogP contribution is -2.51. The van der Waals surface area contributed by atoms with Gasteiger partial charge in [0, 0.05) is 13.1 Å². The van der Waals surface area contributed by atoms with E-state index in [0.29, 0.717) is 6.54 Å². The number of rotatable bonds is 13. The summed E-state index contributed by atoms with van der Waals surface area (Å²) in [7, 11) is 1.30. The zero-order valence-electron chi connectivity index (χ0n) is 31.9. The number of likely N-dealkylation sites (N-methyl/N-ethyl adjacent to an activating group) is 1. The molecular formula is C41H54N8O4. The number of imidazole rings is 2. The number of nitrogens with zero attached hydrogens (tertiary/aromatic N) is 5. The Hall–Kier alpha value is -4.97. The fourth-order valence-corrected chi connectivity index (χ4v) is 7.94. The molecule has 6 rings (SSSR count). The van der Waals surface area contributed by atoms with Gasteiger partial charge in [0.15, 0.2) is 0 Å². The van der Waals surface area contributed by atoms with E-state index in [1.165, 1.54) is 7.11 Å². The van der Waals surface area contributed by atoms with E-state index in [0.717, 1.165) is 97.0 Å². The van der Waals surface area contributed by atoms with E-state index in [-0.39, 0.29) is 35.9 Å². The van der Waals surface area contributed by atoms with Gasteiger partial charge in [-0.15, -0.1) is 0 Å². The lowest BCUT2D eigenvalue weighted by molar-refractivity contribution is -0.138. The van der Waals surface area contributed by atoms with Gasteiger partial charge in [0.1, 0.15) is 17.7 Å². The zero-order chi connectivity index (χ0) is 37.6. The van der Waals surface area contributed by atoms with Crippen molar-refractivity contribution in [3.63, 3.8) is 0 Å². The highest BCUT2D eigenvalue weighted by molar-refractivity contribution is 5.86. The molecule has 2 aromatic heterocycles. The third kappa shape index (κ3) is 8.02. The molecule has 2 saturated heterocycles. The molecule has 12 heteroatoms. The van der Waals surface area contributed by atoms with E-state index in [1.54, 1.807) is 0 Å². The van der Waals surface area contributed by atoms with E-state index < -0.39 is 12.1 Å². The van der Waals surface area contributed by atoms with Crippen LogP contribution in [-0.4, -0.2) is 97.9 Å². The molecule has 2 aliphatic rings. The predicted molar refractivity (Wildman–Crippen MR) is 206 cm³/mol. The summed E-state index contributed by atoms with van der Waals surface area (Å²) in [6.45, 7) is 13.2. The number of aromatic nitrogens is 4. The van der Waals surface area contributed by atoms with E-state index in [9.17, 15) is 14.4 Å². The molecule has 2 fully saturated rings. The Morgan fingerprint density at radius 3 is 1.64 bits per heavy atom. The second kappa shape index (κ2) is 16.8. The number of hydrogen-bond acceptors (Lipinski definition) is 7. The molecule has 3 N–H and O–H groups in total. The lowest BCUT2D eigenvalue weighted by Gasteiger charge is -2.33. The monoisotopic (exact) mass is 722 g/mol. The highest BCUT2D eigenvalue weighted by Crippen LogP contribution is 2.35. The summed E-state index contributed by atoms with van der Waals surface area (Å²) in [6, 6.07) is 15.8. The maximum Gasteiger partial charge on any atom is 0.407 e. The molecule has 0 aliphatic carbocycles. The fraction of sp³-hybridized carbons (Fsp3) is 0.488. The number of ether oxygens (including phenoxy) is 1. The number of alkyl carbamates (subject to hydrolysis) is 1. The van der Waals surface area contributed by atoms with Gasteiger partial charge in [-0.25, -0.2) is 14.8 Å². The van der Waals surface area contributed by atoms with Crippen molar-refractivity contribution < 1.29 is 19.1 Å². The minimum absolute atomic E-state index is 0.0308. The maximum atomic E-state index is 13.6. The van der Waals surface area contributed by atoms with Gasteiger partial charge in [-0.05, 0) is 73.4 Å². The Bertz CT molecular complexity index is 1850. The van der Waals surface area contributed by atoms with Crippen LogP contribution in [0, 0.1) is 5.92 Å². The first-order chi connectivity index (χ1) is 25.7. The molecule has 3 amide bonds. The van der Waals surface area contributed by atoms with Crippen LogP contribution in [0.2, 0.25) is 0 Å². The van der Waals surface area contributed by atoms with Crippen molar-refractivity contribution in [2.24, 2.45) is 5.92 Å². The Morgan fingerprint density at radius 1 is 0.774 bits per heavy atom. The maximum absolute atomic E-state index is 13.6. The lowest BCUT2D eigenvalue weighted by atomic mass is 10.0. The minimum Gasteiger partial charge on any atom is -0.453 e. The second-order valence-electron chi connectivity index (χ2n) is 14.4. The average molecular weight is 723 g/mol. The van der Waals surface area contributed by atoms with Crippen LogP contribution < -0.4 is 5.32 Å². The first-order valence-corrected chi connectivity index (χ1v) is 19.2. The van der Waals surface area contributed by atoms with Gasteiger partial charge in [0.25, 0.3) is 0 Å². The number of methoxy groups -OCH3 is 1. The zero-order valence-corrected chi connectivity index (χ0v) is 31.9. The number of nitrogens with one attached hydrogen (secondary N) is 3. The average Bonchev–Trinajstić information content (AvgIpc) is 4.02. The van der Waals surface area contributed by atoms with Crippen LogP contribution in [0.25, 0.3) is 33.6 Å². The van der Waals surface area contributed by atoms with Crippen LogP contribution in [0.1, 0.15) is 90.5 Å². The summed E-state index contributed by atoms with van der Waals surface area (Å²) in [4.78, 5) is 61.6. The molecule has 2 aliphatic heterocycles. The normalized spacial score (nSPS) is 18.5. The number of carbonyl (C=O) groups excluding carboxylic acids is 3. The molecule has 53 heavy (non-hydrogen) atoms. The fourth-order valence-electron chi connectivity index (χ4n) is 7.94. The molecule has 0 unspecified atom stereocenters. The highest BCUT2D eigenvalue weighted by Gasteiger charge is 2.38. The SMILES string of the molecule is CC[C@@H](C(=O)N1CCC[C@H]1c1ncc(-c2ccc(-c3ccc(-c4cnc([C@@H]5CCCN5C(=O)[C@@H](NC(=O)OC)C(C)C)[nH]4)cc3)cc2)[nH]1)N(CC)CC. The summed E-state index contributed by atoms with van der Waals surface area (Å²) in [5.41, 5.74) is 6.05. The first kappa shape index (κ1) is 37.8. The summed E-state index contributed by atoms with van der Waals surface area (Å²) in [5, 5.41) is 2.70.